The number of hydrogen-bond acceptors (Lipinski definition) is 4. The minimum absolute atomic E-state index is 0.622. The van der Waals surface area contributed by atoms with E-state index in [0.717, 1.165) is 32.8 Å². The summed E-state index contributed by atoms with van der Waals surface area (Å²) in [5.74, 6) is 1.90. The van der Waals surface area contributed by atoms with Crippen LogP contribution in [0.4, 0.5) is 0 Å². The van der Waals surface area contributed by atoms with Gasteiger partial charge in [0, 0.05) is 47.3 Å². The monoisotopic (exact) mass is 549 g/mol. The third-order valence-electron chi connectivity index (χ3n) is 7.39. The van der Waals surface area contributed by atoms with Gasteiger partial charge in [-0.05, 0) is 58.6 Å². The Morgan fingerprint density at radius 2 is 1.07 bits per heavy atom. The maximum atomic E-state index is 6.57. The van der Waals surface area contributed by atoms with Crippen molar-refractivity contribution in [1.82, 2.24) is 15.0 Å². The molecule has 0 aliphatic rings. The molecule has 40 heavy (non-hydrogen) atoms. The lowest BCUT2D eigenvalue weighted by atomic mass is 10.0. The molecular weight excluding hydrogens is 530 g/mol. The average Bonchev–Trinajstić information content (AvgIpc) is 3.39. The molecule has 0 bridgehead atoms. The molecule has 6 aromatic carbocycles. The molecule has 5 heteroatoms. The van der Waals surface area contributed by atoms with Crippen molar-refractivity contribution in [3.8, 4) is 34.2 Å². The molecule has 0 radical (unpaired) electrons. The van der Waals surface area contributed by atoms with Gasteiger partial charge in [-0.1, -0.05) is 90.5 Å². The maximum absolute atomic E-state index is 6.57. The van der Waals surface area contributed by atoms with Gasteiger partial charge >= 0.3 is 0 Å². The lowest BCUT2D eigenvalue weighted by Gasteiger charge is -2.11. The van der Waals surface area contributed by atoms with E-state index in [0.29, 0.717) is 22.5 Å². The zero-order chi connectivity index (χ0) is 26.6. The first-order chi connectivity index (χ1) is 19.7. The van der Waals surface area contributed by atoms with E-state index in [1.54, 1.807) is 11.3 Å². The lowest BCUT2D eigenvalue weighted by molar-refractivity contribution is 1.08. The molecule has 188 valence electrons. The van der Waals surface area contributed by atoms with Crippen LogP contribution in [0.25, 0.3) is 75.9 Å². The van der Waals surface area contributed by atoms with E-state index in [-0.39, 0.29) is 0 Å². The molecule has 8 rings (SSSR count). The molecule has 0 N–H and O–H groups in total. The summed E-state index contributed by atoms with van der Waals surface area (Å²) in [7, 11) is 0. The Labute approximate surface area is 239 Å². The van der Waals surface area contributed by atoms with Crippen LogP contribution in [-0.2, 0) is 0 Å². The lowest BCUT2D eigenvalue weighted by Crippen LogP contribution is -2.00. The molecule has 0 saturated heterocycles. The van der Waals surface area contributed by atoms with Gasteiger partial charge in [0.05, 0.1) is 0 Å². The van der Waals surface area contributed by atoms with Crippen molar-refractivity contribution in [3.05, 3.63) is 126 Å². The first-order valence-corrected chi connectivity index (χ1v) is 14.3. The van der Waals surface area contributed by atoms with Gasteiger partial charge in [-0.15, -0.1) is 11.3 Å². The Balaban J connectivity index is 1.39. The number of nitrogens with zero attached hydrogens (tertiary/aromatic N) is 3. The molecular formula is C35H20ClN3S. The number of thiophene rings is 1. The van der Waals surface area contributed by atoms with Crippen molar-refractivity contribution in [2.45, 2.75) is 0 Å². The molecule has 0 saturated carbocycles. The van der Waals surface area contributed by atoms with Crippen molar-refractivity contribution < 1.29 is 0 Å². The van der Waals surface area contributed by atoms with Crippen LogP contribution < -0.4 is 0 Å². The Morgan fingerprint density at radius 1 is 0.450 bits per heavy atom. The predicted molar refractivity (Wildman–Crippen MR) is 169 cm³/mol. The summed E-state index contributed by atoms with van der Waals surface area (Å²) in [5.41, 5.74) is 2.83. The second-order valence-electron chi connectivity index (χ2n) is 9.82. The van der Waals surface area contributed by atoms with Crippen LogP contribution >= 0.6 is 22.9 Å². The third-order valence-corrected chi connectivity index (χ3v) is 8.87. The van der Waals surface area contributed by atoms with Crippen molar-refractivity contribution >= 4 is 64.7 Å². The van der Waals surface area contributed by atoms with Crippen LogP contribution in [0.15, 0.2) is 121 Å². The van der Waals surface area contributed by atoms with Crippen molar-refractivity contribution in [2.75, 3.05) is 0 Å². The van der Waals surface area contributed by atoms with Gasteiger partial charge in [-0.3, -0.25) is 0 Å². The van der Waals surface area contributed by atoms with E-state index in [1.807, 2.05) is 30.3 Å². The quantitative estimate of drug-likeness (QED) is 0.220. The first-order valence-electron chi connectivity index (χ1n) is 13.1. The molecule has 3 nitrogen and oxygen atoms in total. The van der Waals surface area contributed by atoms with Crippen LogP contribution in [-0.4, -0.2) is 15.0 Å². The molecule has 2 aromatic heterocycles. The summed E-state index contributed by atoms with van der Waals surface area (Å²) in [4.78, 5) is 15.1. The molecule has 8 aromatic rings. The van der Waals surface area contributed by atoms with Crippen LogP contribution in [0.3, 0.4) is 0 Å². The molecule has 2 heterocycles. The minimum atomic E-state index is 0.622. The van der Waals surface area contributed by atoms with Gasteiger partial charge in [0.2, 0.25) is 0 Å². The fourth-order valence-corrected chi connectivity index (χ4v) is 6.72. The molecule has 0 fully saturated rings. The normalized spacial score (nSPS) is 11.6. The highest BCUT2D eigenvalue weighted by atomic mass is 35.5. The van der Waals surface area contributed by atoms with Gasteiger partial charge in [0.25, 0.3) is 0 Å². The smallest absolute Gasteiger partial charge is 0.164 e. The number of fused-ring (bicyclic) bond motifs is 5. The molecule has 0 aliphatic carbocycles. The van der Waals surface area contributed by atoms with Gasteiger partial charge < -0.3 is 0 Å². The highest BCUT2D eigenvalue weighted by Crippen LogP contribution is 2.37. The highest BCUT2D eigenvalue weighted by Gasteiger charge is 2.16. The summed E-state index contributed by atoms with van der Waals surface area (Å²) >= 11 is 8.37. The van der Waals surface area contributed by atoms with Crippen molar-refractivity contribution in [2.24, 2.45) is 0 Å². The first kappa shape index (κ1) is 23.3. The zero-order valence-corrected chi connectivity index (χ0v) is 22.7. The summed E-state index contributed by atoms with van der Waals surface area (Å²) in [6.07, 6.45) is 0. The van der Waals surface area contributed by atoms with Gasteiger partial charge in [0.1, 0.15) is 0 Å². The zero-order valence-electron chi connectivity index (χ0n) is 21.2. The summed E-state index contributed by atoms with van der Waals surface area (Å²) < 4.78 is 2.52. The summed E-state index contributed by atoms with van der Waals surface area (Å²) in [5, 5.41) is 7.48. The number of halogens is 1. The van der Waals surface area contributed by atoms with Crippen LogP contribution in [0, 0.1) is 0 Å². The van der Waals surface area contributed by atoms with E-state index in [4.69, 9.17) is 26.6 Å². The minimum Gasteiger partial charge on any atom is -0.208 e. The van der Waals surface area contributed by atoms with E-state index < -0.39 is 0 Å². The molecule has 0 unspecified atom stereocenters. The van der Waals surface area contributed by atoms with Crippen LogP contribution in [0.1, 0.15) is 0 Å². The predicted octanol–water partition coefficient (Wildman–Crippen LogP) is 10.2. The largest absolute Gasteiger partial charge is 0.208 e. The molecule has 0 spiro atoms. The Hall–Kier alpha value is -4.64. The number of rotatable bonds is 3. The third kappa shape index (κ3) is 3.84. The van der Waals surface area contributed by atoms with E-state index in [2.05, 4.69) is 91.0 Å². The summed E-state index contributed by atoms with van der Waals surface area (Å²) in [6, 6.07) is 41.7. The van der Waals surface area contributed by atoms with Crippen LogP contribution in [0.5, 0.6) is 0 Å². The fourth-order valence-electron chi connectivity index (χ4n) is 5.41. The number of hydrogen-bond donors (Lipinski definition) is 0. The maximum Gasteiger partial charge on any atom is 0.164 e. The van der Waals surface area contributed by atoms with E-state index in [9.17, 15) is 0 Å². The highest BCUT2D eigenvalue weighted by molar-refractivity contribution is 7.25. The van der Waals surface area contributed by atoms with Crippen molar-refractivity contribution in [1.29, 1.82) is 0 Å². The Morgan fingerprint density at radius 3 is 1.93 bits per heavy atom. The number of benzene rings is 6. The fraction of sp³-hybridized carbons (Fsp3) is 0. The number of aromatic nitrogens is 3. The van der Waals surface area contributed by atoms with Gasteiger partial charge in [-0.25, -0.2) is 15.0 Å². The standard InChI is InChI=1S/C35H20ClN3S/c36-30-17-16-28(25-9-3-4-10-26(25)30)35-38-33(23-14-13-21-7-1-2-8-22(21)19-23)37-34(39-35)24-15-18-32-29(20-24)27-11-5-6-12-31(27)40-32/h1-20H. The SMILES string of the molecule is Clc1ccc(-c2nc(-c3ccc4ccccc4c3)nc(-c3ccc4sc5ccccc5c4c3)n2)c2ccccc12. The van der Waals surface area contributed by atoms with E-state index >= 15 is 0 Å². The Bertz CT molecular complexity index is 2250. The Kier molecular flexibility index (Phi) is 5.37. The van der Waals surface area contributed by atoms with Crippen molar-refractivity contribution in [3.63, 3.8) is 0 Å². The molecule has 0 atom stereocenters. The second kappa shape index (κ2) is 9.23. The summed E-state index contributed by atoms with van der Waals surface area (Å²) in [6.45, 7) is 0. The second-order valence-corrected chi connectivity index (χ2v) is 11.3. The molecule has 0 amide bonds. The van der Waals surface area contributed by atoms with Crippen LogP contribution in [0.2, 0.25) is 5.02 Å². The topological polar surface area (TPSA) is 38.7 Å². The van der Waals surface area contributed by atoms with E-state index in [1.165, 1.54) is 25.6 Å². The van der Waals surface area contributed by atoms with Gasteiger partial charge in [0.15, 0.2) is 17.5 Å². The van der Waals surface area contributed by atoms with Gasteiger partial charge in [-0.2, -0.15) is 0 Å². The molecule has 0 aliphatic heterocycles. The average molecular weight is 550 g/mol.